The second kappa shape index (κ2) is 8.84. The van der Waals surface area contributed by atoms with Crippen LogP contribution >= 0.6 is 0 Å². The maximum atomic E-state index is 11.9. The van der Waals surface area contributed by atoms with Gasteiger partial charge in [0.25, 0.3) is 0 Å². The molecule has 1 heterocycles. The number of hydrogen-bond acceptors (Lipinski definition) is 5. The van der Waals surface area contributed by atoms with Crippen LogP contribution in [0.1, 0.15) is 31.2 Å². The highest BCUT2D eigenvalue weighted by Gasteiger charge is 2.29. The molecule has 0 aliphatic carbocycles. The predicted molar refractivity (Wildman–Crippen MR) is 92.0 cm³/mol. The van der Waals surface area contributed by atoms with Gasteiger partial charge in [0.2, 0.25) is 5.91 Å². The highest BCUT2D eigenvalue weighted by Crippen LogP contribution is 2.21. The quantitative estimate of drug-likeness (QED) is 0.636. The van der Waals surface area contributed by atoms with Gasteiger partial charge in [0, 0.05) is 19.4 Å². The van der Waals surface area contributed by atoms with Crippen LogP contribution in [0.5, 0.6) is 5.75 Å². The van der Waals surface area contributed by atoms with Crippen LogP contribution in [0.3, 0.4) is 0 Å². The lowest BCUT2D eigenvalue weighted by molar-refractivity contribution is -0.137. The fourth-order valence-corrected chi connectivity index (χ4v) is 4.55. The van der Waals surface area contributed by atoms with Crippen molar-refractivity contribution in [1.29, 1.82) is 0 Å². The van der Waals surface area contributed by atoms with Crippen LogP contribution in [0.2, 0.25) is 0 Å². The Hall–Kier alpha value is -2.09. The Morgan fingerprint density at radius 2 is 1.96 bits per heavy atom. The van der Waals surface area contributed by atoms with Gasteiger partial charge in [-0.3, -0.25) is 9.59 Å². The van der Waals surface area contributed by atoms with E-state index in [-0.39, 0.29) is 36.2 Å². The molecular weight excluding hydrogens is 346 g/mol. The molecule has 0 aromatic heterocycles. The lowest BCUT2D eigenvalue weighted by atomic mass is 10.1. The van der Waals surface area contributed by atoms with Crippen LogP contribution in [0.15, 0.2) is 24.3 Å². The van der Waals surface area contributed by atoms with Crippen LogP contribution in [0.25, 0.3) is 0 Å². The molecule has 1 unspecified atom stereocenters. The summed E-state index contributed by atoms with van der Waals surface area (Å²) in [6.07, 6.45) is 1.32. The summed E-state index contributed by atoms with van der Waals surface area (Å²) >= 11 is 0. The van der Waals surface area contributed by atoms with Crippen molar-refractivity contribution < 1.29 is 27.9 Å². The Bertz CT molecular complexity index is 698. The average Bonchev–Trinajstić information content (AvgIpc) is 2.89. The van der Waals surface area contributed by atoms with Crippen molar-refractivity contribution in [2.75, 3.05) is 18.1 Å². The van der Waals surface area contributed by atoms with Crippen LogP contribution in [-0.4, -0.2) is 43.5 Å². The third kappa shape index (κ3) is 7.13. The minimum absolute atomic E-state index is 0.0758. The second-order valence-electron chi connectivity index (χ2n) is 6.24. The maximum Gasteiger partial charge on any atom is 0.303 e. The molecule has 0 spiro atoms. The molecular formula is C17H23NO6S. The van der Waals surface area contributed by atoms with Crippen molar-refractivity contribution in [2.45, 2.75) is 32.2 Å². The van der Waals surface area contributed by atoms with Gasteiger partial charge < -0.3 is 15.2 Å². The fraction of sp³-hybridized carbons (Fsp3) is 0.529. The van der Waals surface area contributed by atoms with E-state index in [1.54, 1.807) is 12.1 Å². The van der Waals surface area contributed by atoms with E-state index in [0.717, 1.165) is 5.56 Å². The molecule has 0 radical (unpaired) electrons. The lowest BCUT2D eigenvalue weighted by Gasteiger charge is -2.10. The Labute approximate surface area is 147 Å². The summed E-state index contributed by atoms with van der Waals surface area (Å²) in [5.74, 6) is -0.128. The van der Waals surface area contributed by atoms with Gasteiger partial charge in [0.1, 0.15) is 5.75 Å². The summed E-state index contributed by atoms with van der Waals surface area (Å²) in [6, 6.07) is 7.19. The molecule has 2 N–H and O–H groups in total. The van der Waals surface area contributed by atoms with E-state index >= 15 is 0 Å². The molecule has 1 aliphatic heterocycles. The minimum atomic E-state index is -2.95. The van der Waals surface area contributed by atoms with Crippen LogP contribution in [0, 0.1) is 5.92 Å². The molecule has 1 aromatic carbocycles. The predicted octanol–water partition coefficient (Wildman–Crippen LogP) is 1.37. The molecule has 1 saturated heterocycles. The number of aliphatic carboxylic acids is 1. The first-order valence-electron chi connectivity index (χ1n) is 8.25. The van der Waals surface area contributed by atoms with E-state index in [0.29, 0.717) is 31.7 Å². The number of nitrogens with one attached hydrogen (secondary N) is 1. The molecule has 1 amide bonds. The standard InChI is InChI=1S/C17H23NO6S/c19-16(10-14-7-9-25(22,23)12-14)18-11-13-3-5-15(6-4-13)24-8-1-2-17(20)21/h3-6,14H,1-2,7-12H2,(H,18,19)(H,20,21). The highest BCUT2D eigenvalue weighted by molar-refractivity contribution is 7.91. The normalized spacial score (nSPS) is 18.6. The zero-order valence-corrected chi connectivity index (χ0v) is 14.8. The topological polar surface area (TPSA) is 110 Å². The number of carbonyl (C=O) groups excluding carboxylic acids is 1. The maximum absolute atomic E-state index is 11.9. The van der Waals surface area contributed by atoms with Gasteiger partial charge in [0.15, 0.2) is 9.84 Å². The van der Waals surface area contributed by atoms with Gasteiger partial charge in [0.05, 0.1) is 18.1 Å². The molecule has 0 saturated carbocycles. The Morgan fingerprint density at radius 1 is 1.24 bits per heavy atom. The van der Waals surface area contributed by atoms with Gasteiger partial charge in [-0.2, -0.15) is 0 Å². The van der Waals surface area contributed by atoms with Gasteiger partial charge in [-0.15, -0.1) is 0 Å². The van der Waals surface area contributed by atoms with Gasteiger partial charge >= 0.3 is 5.97 Å². The third-order valence-electron chi connectivity index (χ3n) is 4.02. The number of benzene rings is 1. The molecule has 2 rings (SSSR count). The smallest absolute Gasteiger partial charge is 0.303 e. The first kappa shape index (κ1) is 19.2. The first-order valence-corrected chi connectivity index (χ1v) is 10.1. The summed E-state index contributed by atoms with van der Waals surface area (Å²) in [6.45, 7) is 0.713. The first-order chi connectivity index (χ1) is 11.8. The van der Waals surface area contributed by atoms with Crippen molar-refractivity contribution in [1.82, 2.24) is 5.32 Å². The van der Waals surface area contributed by atoms with E-state index in [1.165, 1.54) is 0 Å². The molecule has 0 bridgehead atoms. The number of carboxylic acid groups (broad SMARTS) is 1. The summed E-state index contributed by atoms with van der Waals surface area (Å²) in [5.41, 5.74) is 0.908. The summed E-state index contributed by atoms with van der Waals surface area (Å²) in [4.78, 5) is 22.3. The second-order valence-corrected chi connectivity index (χ2v) is 8.47. The van der Waals surface area contributed by atoms with E-state index in [9.17, 15) is 18.0 Å². The minimum Gasteiger partial charge on any atom is -0.494 e. The lowest BCUT2D eigenvalue weighted by Crippen LogP contribution is -2.25. The molecule has 8 heteroatoms. The van der Waals surface area contributed by atoms with E-state index in [1.807, 2.05) is 12.1 Å². The Balaban J connectivity index is 1.68. The largest absolute Gasteiger partial charge is 0.494 e. The Kier molecular flexibility index (Phi) is 6.81. The summed E-state index contributed by atoms with van der Waals surface area (Å²) in [7, 11) is -2.95. The third-order valence-corrected chi connectivity index (χ3v) is 5.85. The average molecular weight is 369 g/mol. The monoisotopic (exact) mass is 369 g/mol. The van der Waals surface area contributed by atoms with E-state index < -0.39 is 15.8 Å². The number of carboxylic acids is 1. The van der Waals surface area contributed by atoms with Crippen molar-refractivity contribution >= 4 is 21.7 Å². The molecule has 1 atom stereocenters. The molecule has 1 fully saturated rings. The molecule has 1 aromatic rings. The number of carbonyl (C=O) groups is 2. The molecule has 25 heavy (non-hydrogen) atoms. The van der Waals surface area contributed by atoms with Crippen molar-refractivity contribution in [3.8, 4) is 5.75 Å². The van der Waals surface area contributed by atoms with Crippen LogP contribution in [-0.2, 0) is 26.0 Å². The van der Waals surface area contributed by atoms with Gasteiger partial charge in [-0.25, -0.2) is 8.42 Å². The Morgan fingerprint density at radius 3 is 2.56 bits per heavy atom. The molecule has 138 valence electrons. The number of hydrogen-bond donors (Lipinski definition) is 2. The molecule has 1 aliphatic rings. The number of ether oxygens (including phenoxy) is 1. The number of rotatable bonds is 9. The fourth-order valence-electron chi connectivity index (χ4n) is 2.68. The highest BCUT2D eigenvalue weighted by atomic mass is 32.2. The summed E-state index contributed by atoms with van der Waals surface area (Å²) in [5, 5.41) is 11.3. The number of sulfone groups is 1. The van der Waals surface area contributed by atoms with Gasteiger partial charge in [-0.05, 0) is 36.5 Å². The molecule has 7 nitrogen and oxygen atoms in total. The number of amides is 1. The SMILES string of the molecule is O=C(O)CCCOc1ccc(CNC(=O)CC2CCS(=O)(=O)C2)cc1. The van der Waals surface area contributed by atoms with Gasteiger partial charge in [-0.1, -0.05) is 12.1 Å². The summed E-state index contributed by atoms with van der Waals surface area (Å²) < 4.78 is 28.2. The van der Waals surface area contributed by atoms with E-state index in [4.69, 9.17) is 9.84 Å². The van der Waals surface area contributed by atoms with Crippen LogP contribution < -0.4 is 10.1 Å². The van der Waals surface area contributed by atoms with Crippen molar-refractivity contribution in [3.05, 3.63) is 29.8 Å². The van der Waals surface area contributed by atoms with E-state index in [2.05, 4.69) is 5.32 Å². The van der Waals surface area contributed by atoms with Crippen molar-refractivity contribution in [3.63, 3.8) is 0 Å². The zero-order valence-electron chi connectivity index (χ0n) is 13.9. The van der Waals surface area contributed by atoms with Crippen molar-refractivity contribution in [2.24, 2.45) is 5.92 Å². The zero-order chi connectivity index (χ0) is 18.3. The van der Waals surface area contributed by atoms with Crippen LogP contribution in [0.4, 0.5) is 0 Å².